The number of carbonyl (C=O) groups excluding carboxylic acids is 1. The van der Waals surface area contributed by atoms with E-state index in [-0.39, 0.29) is 5.97 Å². The third-order valence-electron chi connectivity index (χ3n) is 2.39. The van der Waals surface area contributed by atoms with Crippen molar-refractivity contribution >= 4 is 5.97 Å². The molecule has 1 atom stereocenters. The van der Waals surface area contributed by atoms with Gasteiger partial charge in [0, 0.05) is 5.92 Å². The largest absolute Gasteiger partial charge is 0.430 e. The van der Waals surface area contributed by atoms with Crippen molar-refractivity contribution in [3.05, 3.63) is 23.5 Å². The molecule has 1 unspecified atom stereocenters. The summed E-state index contributed by atoms with van der Waals surface area (Å²) in [6.45, 7) is 2.09. The lowest BCUT2D eigenvalue weighted by Crippen LogP contribution is -2.18. The monoisotopic (exact) mass is 164 g/mol. The molecule has 12 heavy (non-hydrogen) atoms. The molecule has 0 N–H and O–H groups in total. The second-order valence-corrected chi connectivity index (χ2v) is 3.40. The minimum absolute atomic E-state index is 0.0732. The molecule has 2 nitrogen and oxygen atoms in total. The predicted octanol–water partition coefficient (Wildman–Crippen LogP) is 2.17. The third kappa shape index (κ3) is 1.17. The van der Waals surface area contributed by atoms with Crippen LogP contribution in [0, 0.1) is 5.92 Å². The fraction of sp³-hybridized carbons (Fsp3) is 0.500. The topological polar surface area (TPSA) is 26.3 Å². The third-order valence-corrected chi connectivity index (χ3v) is 2.39. The first-order valence-corrected chi connectivity index (χ1v) is 4.37. The van der Waals surface area contributed by atoms with E-state index in [9.17, 15) is 4.79 Å². The lowest BCUT2D eigenvalue weighted by Gasteiger charge is -2.24. The Kier molecular flexibility index (Phi) is 1.75. The molecule has 1 heterocycles. The first kappa shape index (κ1) is 7.59. The van der Waals surface area contributed by atoms with Crippen LogP contribution in [0.2, 0.25) is 0 Å². The van der Waals surface area contributed by atoms with Gasteiger partial charge in [-0.05, 0) is 18.4 Å². The summed E-state index contributed by atoms with van der Waals surface area (Å²) >= 11 is 0. The molecule has 0 spiro atoms. The van der Waals surface area contributed by atoms with Crippen LogP contribution < -0.4 is 0 Å². The molecular weight excluding hydrogens is 152 g/mol. The maximum absolute atomic E-state index is 11.0. The van der Waals surface area contributed by atoms with E-state index in [1.807, 2.05) is 0 Å². The number of hydrogen-bond donors (Lipinski definition) is 0. The Morgan fingerprint density at radius 3 is 3.17 bits per heavy atom. The normalized spacial score (nSPS) is 28.4. The molecule has 0 saturated heterocycles. The van der Waals surface area contributed by atoms with E-state index in [2.05, 4.69) is 19.1 Å². The second-order valence-electron chi connectivity index (χ2n) is 3.40. The maximum atomic E-state index is 11.0. The molecule has 0 saturated carbocycles. The molecular formula is C10H12O2. The fourth-order valence-electron chi connectivity index (χ4n) is 1.70. The highest BCUT2D eigenvalue weighted by atomic mass is 16.5. The fourth-order valence-corrected chi connectivity index (χ4v) is 1.70. The van der Waals surface area contributed by atoms with Crippen LogP contribution in [0.3, 0.4) is 0 Å². The zero-order valence-electron chi connectivity index (χ0n) is 7.17. The molecule has 64 valence electrons. The Balaban J connectivity index is 2.31. The summed E-state index contributed by atoms with van der Waals surface area (Å²) in [6, 6.07) is 0. The van der Waals surface area contributed by atoms with E-state index >= 15 is 0 Å². The van der Waals surface area contributed by atoms with Crippen LogP contribution in [0.4, 0.5) is 0 Å². The van der Waals surface area contributed by atoms with Crippen LogP contribution in [0.1, 0.15) is 26.2 Å². The van der Waals surface area contributed by atoms with Crippen molar-refractivity contribution in [2.45, 2.75) is 26.2 Å². The van der Waals surface area contributed by atoms with Crippen molar-refractivity contribution in [3.8, 4) is 0 Å². The molecule has 0 aromatic rings. The van der Waals surface area contributed by atoms with Gasteiger partial charge in [0.15, 0.2) is 0 Å². The number of ether oxygens (including phenoxy) is 1. The van der Waals surface area contributed by atoms with Crippen LogP contribution in [0.15, 0.2) is 23.5 Å². The molecule has 1 aliphatic heterocycles. The van der Waals surface area contributed by atoms with Gasteiger partial charge in [-0.2, -0.15) is 0 Å². The number of esters is 1. The average Bonchev–Trinajstić information content (AvgIpc) is 2.07. The van der Waals surface area contributed by atoms with E-state index in [0.29, 0.717) is 12.3 Å². The highest BCUT2D eigenvalue weighted by Gasteiger charge is 2.24. The average molecular weight is 164 g/mol. The first-order chi connectivity index (χ1) is 5.77. The number of rotatable bonds is 0. The molecule has 0 amide bonds. The second kappa shape index (κ2) is 2.77. The van der Waals surface area contributed by atoms with E-state index in [0.717, 1.165) is 18.6 Å². The molecule has 1 aliphatic carbocycles. The lowest BCUT2D eigenvalue weighted by atomic mass is 9.91. The van der Waals surface area contributed by atoms with E-state index < -0.39 is 0 Å². The van der Waals surface area contributed by atoms with Crippen molar-refractivity contribution in [2.24, 2.45) is 5.92 Å². The molecule has 0 aromatic carbocycles. The summed E-state index contributed by atoms with van der Waals surface area (Å²) in [5, 5.41) is 0. The van der Waals surface area contributed by atoms with Gasteiger partial charge < -0.3 is 4.74 Å². The first-order valence-electron chi connectivity index (χ1n) is 4.37. The highest BCUT2D eigenvalue weighted by molar-refractivity contribution is 5.73. The summed E-state index contributed by atoms with van der Waals surface area (Å²) in [7, 11) is 0. The zero-order chi connectivity index (χ0) is 8.55. The minimum Gasteiger partial charge on any atom is -0.430 e. The smallest absolute Gasteiger partial charge is 0.311 e. The maximum Gasteiger partial charge on any atom is 0.311 e. The van der Waals surface area contributed by atoms with Gasteiger partial charge in [-0.3, -0.25) is 4.79 Å². The summed E-state index contributed by atoms with van der Waals surface area (Å²) in [6.07, 6.45) is 6.63. The van der Waals surface area contributed by atoms with Gasteiger partial charge >= 0.3 is 5.97 Å². The Morgan fingerprint density at radius 2 is 2.33 bits per heavy atom. The lowest BCUT2D eigenvalue weighted by molar-refractivity contribution is -0.141. The quantitative estimate of drug-likeness (QED) is 0.513. The molecule has 2 aliphatic rings. The van der Waals surface area contributed by atoms with Gasteiger partial charge in [-0.15, -0.1) is 0 Å². The summed E-state index contributed by atoms with van der Waals surface area (Å²) in [5.41, 5.74) is 1.22. The van der Waals surface area contributed by atoms with Crippen molar-refractivity contribution < 1.29 is 9.53 Å². The van der Waals surface area contributed by atoms with Gasteiger partial charge in [-0.1, -0.05) is 19.1 Å². The van der Waals surface area contributed by atoms with Gasteiger partial charge in [0.1, 0.15) is 5.76 Å². The van der Waals surface area contributed by atoms with Crippen LogP contribution >= 0.6 is 0 Å². The highest BCUT2D eigenvalue weighted by Crippen LogP contribution is 2.31. The van der Waals surface area contributed by atoms with Gasteiger partial charge in [0.25, 0.3) is 0 Å². The van der Waals surface area contributed by atoms with Crippen molar-refractivity contribution in [3.63, 3.8) is 0 Å². The van der Waals surface area contributed by atoms with E-state index in [4.69, 9.17) is 4.74 Å². The number of allylic oxidation sites excluding steroid dienone is 4. The Morgan fingerprint density at radius 1 is 1.50 bits per heavy atom. The van der Waals surface area contributed by atoms with Crippen LogP contribution in [-0.2, 0) is 9.53 Å². The summed E-state index contributed by atoms with van der Waals surface area (Å²) < 4.78 is 5.19. The van der Waals surface area contributed by atoms with E-state index in [1.54, 1.807) is 0 Å². The predicted molar refractivity (Wildman–Crippen MR) is 45.3 cm³/mol. The Labute approximate surface area is 71.9 Å². The van der Waals surface area contributed by atoms with Gasteiger partial charge in [0.05, 0.1) is 6.42 Å². The number of hydrogen-bond acceptors (Lipinski definition) is 2. The zero-order valence-corrected chi connectivity index (χ0v) is 7.17. The molecule has 0 bridgehead atoms. The van der Waals surface area contributed by atoms with Crippen LogP contribution in [0.5, 0.6) is 0 Å². The van der Waals surface area contributed by atoms with E-state index in [1.165, 1.54) is 5.57 Å². The van der Waals surface area contributed by atoms with Gasteiger partial charge in [0.2, 0.25) is 0 Å². The van der Waals surface area contributed by atoms with Crippen LogP contribution in [0.25, 0.3) is 0 Å². The van der Waals surface area contributed by atoms with Crippen molar-refractivity contribution in [2.75, 3.05) is 0 Å². The SMILES string of the molecule is CC1CC=CC2=C1OC(=O)CC2. The van der Waals surface area contributed by atoms with Crippen molar-refractivity contribution in [1.82, 2.24) is 0 Å². The molecule has 0 fully saturated rings. The van der Waals surface area contributed by atoms with Gasteiger partial charge in [-0.25, -0.2) is 0 Å². The Bertz CT molecular complexity index is 274. The Hall–Kier alpha value is -1.05. The molecule has 2 rings (SSSR count). The molecule has 0 aromatic heterocycles. The molecule has 2 heteroatoms. The standard InChI is InChI=1S/C10H12O2/c1-7-3-2-4-8-5-6-9(11)12-10(7)8/h2,4,7H,3,5-6H2,1H3. The summed E-state index contributed by atoms with van der Waals surface area (Å²) in [4.78, 5) is 11.0. The van der Waals surface area contributed by atoms with Crippen LogP contribution in [-0.4, -0.2) is 5.97 Å². The number of carbonyl (C=O) groups is 1. The summed E-state index contributed by atoms with van der Waals surface area (Å²) in [5.74, 6) is 1.22. The minimum atomic E-state index is -0.0732. The molecule has 0 radical (unpaired) electrons. The van der Waals surface area contributed by atoms with Crippen molar-refractivity contribution in [1.29, 1.82) is 0 Å².